The summed E-state index contributed by atoms with van der Waals surface area (Å²) >= 11 is 3.43. The van der Waals surface area contributed by atoms with E-state index < -0.39 is 0 Å². The molecule has 1 aliphatic rings. The quantitative estimate of drug-likeness (QED) is 0.831. The van der Waals surface area contributed by atoms with Gasteiger partial charge in [0.05, 0.1) is 0 Å². The second kappa shape index (κ2) is 7.95. The molecule has 126 valence electrons. The molecule has 1 aliphatic heterocycles. The molecule has 0 aliphatic carbocycles. The molecule has 0 bridgehead atoms. The van der Waals surface area contributed by atoms with E-state index in [-0.39, 0.29) is 11.8 Å². The third-order valence-electron chi connectivity index (χ3n) is 4.54. The third-order valence-corrected chi connectivity index (χ3v) is 5.03. The Bertz CT molecular complexity index is 708. The topological polar surface area (TPSA) is 32.3 Å². The average Bonchev–Trinajstić information content (AvgIpc) is 2.55. The van der Waals surface area contributed by atoms with Gasteiger partial charge in [0.2, 0.25) is 5.91 Å². The van der Waals surface area contributed by atoms with Crippen molar-refractivity contribution in [2.24, 2.45) is 5.92 Å². The minimum absolute atomic E-state index is 0.109. The summed E-state index contributed by atoms with van der Waals surface area (Å²) in [7, 11) is 0. The molecule has 0 spiro atoms. The minimum Gasteiger partial charge on any atom is -0.326 e. The van der Waals surface area contributed by atoms with E-state index in [2.05, 4.69) is 57.3 Å². The molecule has 0 saturated carbocycles. The van der Waals surface area contributed by atoms with Gasteiger partial charge in [-0.3, -0.25) is 9.69 Å². The summed E-state index contributed by atoms with van der Waals surface area (Å²) in [5.41, 5.74) is 3.51. The highest BCUT2D eigenvalue weighted by molar-refractivity contribution is 9.10. The number of likely N-dealkylation sites (tertiary alicyclic amines) is 1. The number of rotatable bonds is 4. The first-order chi connectivity index (χ1) is 11.6. The Morgan fingerprint density at radius 3 is 2.62 bits per heavy atom. The second-order valence-electron chi connectivity index (χ2n) is 6.54. The lowest BCUT2D eigenvalue weighted by Gasteiger charge is -2.31. The predicted octanol–water partition coefficient (Wildman–Crippen LogP) is 4.61. The number of amides is 1. The second-order valence-corrected chi connectivity index (χ2v) is 7.45. The summed E-state index contributed by atoms with van der Waals surface area (Å²) in [6.45, 7) is 5.05. The molecule has 3 nitrogen and oxygen atoms in total. The van der Waals surface area contributed by atoms with Crippen molar-refractivity contribution in [2.75, 3.05) is 18.4 Å². The van der Waals surface area contributed by atoms with E-state index in [1.54, 1.807) is 0 Å². The van der Waals surface area contributed by atoms with Crippen molar-refractivity contribution in [3.63, 3.8) is 0 Å². The van der Waals surface area contributed by atoms with Crippen molar-refractivity contribution in [3.8, 4) is 0 Å². The normalized spacial score (nSPS) is 16.1. The molecule has 0 radical (unpaired) electrons. The molecule has 0 unspecified atom stereocenters. The fourth-order valence-electron chi connectivity index (χ4n) is 3.23. The van der Waals surface area contributed by atoms with Crippen LogP contribution in [0.3, 0.4) is 0 Å². The lowest BCUT2D eigenvalue weighted by molar-refractivity contribution is -0.121. The van der Waals surface area contributed by atoms with Crippen LogP contribution < -0.4 is 5.32 Å². The number of anilines is 1. The maximum Gasteiger partial charge on any atom is 0.227 e. The van der Waals surface area contributed by atoms with Crippen LogP contribution in [0, 0.1) is 12.8 Å². The largest absolute Gasteiger partial charge is 0.326 e. The van der Waals surface area contributed by atoms with Gasteiger partial charge in [-0.2, -0.15) is 0 Å². The first-order valence-electron chi connectivity index (χ1n) is 8.44. The Hall–Kier alpha value is -1.65. The summed E-state index contributed by atoms with van der Waals surface area (Å²) < 4.78 is 0.980. The Balaban J connectivity index is 1.50. The molecule has 1 fully saturated rings. The zero-order valence-corrected chi connectivity index (χ0v) is 15.6. The molecule has 1 saturated heterocycles. The van der Waals surface area contributed by atoms with Gasteiger partial charge in [-0.1, -0.05) is 51.8 Å². The van der Waals surface area contributed by atoms with Gasteiger partial charge in [0.15, 0.2) is 0 Å². The van der Waals surface area contributed by atoms with Crippen LogP contribution in [0.1, 0.15) is 24.0 Å². The van der Waals surface area contributed by atoms with Crippen LogP contribution in [-0.4, -0.2) is 23.9 Å². The smallest absolute Gasteiger partial charge is 0.227 e. The lowest BCUT2D eigenvalue weighted by Crippen LogP contribution is -2.37. The third kappa shape index (κ3) is 4.68. The van der Waals surface area contributed by atoms with Gasteiger partial charge in [-0.05, 0) is 56.6 Å². The van der Waals surface area contributed by atoms with Crippen molar-refractivity contribution in [2.45, 2.75) is 26.3 Å². The Kier molecular flexibility index (Phi) is 5.69. The molecule has 24 heavy (non-hydrogen) atoms. The van der Waals surface area contributed by atoms with Crippen molar-refractivity contribution >= 4 is 27.5 Å². The number of halogens is 1. The number of nitrogens with zero attached hydrogens (tertiary/aromatic N) is 1. The van der Waals surface area contributed by atoms with Crippen LogP contribution in [0.2, 0.25) is 0 Å². The molecular weight excluding hydrogens is 364 g/mol. The van der Waals surface area contributed by atoms with E-state index in [4.69, 9.17) is 0 Å². The van der Waals surface area contributed by atoms with Gasteiger partial charge >= 0.3 is 0 Å². The Morgan fingerprint density at radius 2 is 1.92 bits per heavy atom. The van der Waals surface area contributed by atoms with Gasteiger partial charge in [0, 0.05) is 22.6 Å². The summed E-state index contributed by atoms with van der Waals surface area (Å²) in [4.78, 5) is 14.9. The number of hydrogen-bond acceptors (Lipinski definition) is 2. The van der Waals surface area contributed by atoms with E-state index >= 15 is 0 Å². The first-order valence-corrected chi connectivity index (χ1v) is 9.24. The molecule has 4 heteroatoms. The number of carbonyl (C=O) groups excluding carboxylic acids is 1. The van der Waals surface area contributed by atoms with Crippen LogP contribution in [0.5, 0.6) is 0 Å². The number of carbonyl (C=O) groups is 1. The highest BCUT2D eigenvalue weighted by Crippen LogP contribution is 2.22. The maximum absolute atomic E-state index is 12.4. The van der Waals surface area contributed by atoms with Crippen LogP contribution in [0.25, 0.3) is 0 Å². The van der Waals surface area contributed by atoms with E-state index in [9.17, 15) is 4.79 Å². The molecule has 0 aromatic heterocycles. The Labute approximate surface area is 152 Å². The molecule has 1 N–H and O–H groups in total. The van der Waals surface area contributed by atoms with E-state index in [0.29, 0.717) is 0 Å². The number of hydrogen-bond donors (Lipinski definition) is 1. The van der Waals surface area contributed by atoms with Crippen molar-refractivity contribution < 1.29 is 4.79 Å². The van der Waals surface area contributed by atoms with E-state index in [0.717, 1.165) is 42.6 Å². The summed E-state index contributed by atoms with van der Waals surface area (Å²) in [6, 6.07) is 16.4. The average molecular weight is 387 g/mol. The van der Waals surface area contributed by atoms with Gasteiger partial charge in [0.1, 0.15) is 0 Å². The molecule has 0 atom stereocenters. The lowest BCUT2D eigenvalue weighted by atomic mass is 9.95. The molecule has 2 aromatic carbocycles. The fraction of sp³-hybridized carbons (Fsp3) is 0.350. The maximum atomic E-state index is 12.4. The van der Waals surface area contributed by atoms with Gasteiger partial charge in [-0.25, -0.2) is 0 Å². The van der Waals surface area contributed by atoms with Gasteiger partial charge < -0.3 is 5.32 Å². The number of benzene rings is 2. The van der Waals surface area contributed by atoms with Crippen LogP contribution in [0.4, 0.5) is 5.69 Å². The molecular formula is C20H23BrN2O. The SMILES string of the molecule is Cc1cccc(CN2CCC(C(=O)Nc3cccc(Br)c3)CC2)c1. The van der Waals surface area contributed by atoms with Crippen molar-refractivity contribution in [1.82, 2.24) is 4.90 Å². The molecule has 2 aromatic rings. The summed E-state index contributed by atoms with van der Waals surface area (Å²) in [5, 5.41) is 3.04. The number of piperidine rings is 1. The van der Waals surface area contributed by atoms with Gasteiger partial charge in [0.25, 0.3) is 0 Å². The standard InChI is InChI=1S/C20H23BrN2O/c1-15-4-2-5-16(12-15)14-23-10-8-17(9-11-23)20(24)22-19-7-3-6-18(21)13-19/h2-7,12-13,17H,8-11,14H2,1H3,(H,22,24). The zero-order chi connectivity index (χ0) is 16.9. The number of aryl methyl sites for hydroxylation is 1. The number of nitrogens with one attached hydrogen (secondary N) is 1. The summed E-state index contributed by atoms with van der Waals surface area (Å²) in [5.74, 6) is 0.251. The zero-order valence-electron chi connectivity index (χ0n) is 14.0. The van der Waals surface area contributed by atoms with Crippen molar-refractivity contribution in [3.05, 3.63) is 64.1 Å². The molecule has 1 amide bonds. The van der Waals surface area contributed by atoms with Gasteiger partial charge in [-0.15, -0.1) is 0 Å². The first kappa shape index (κ1) is 17.2. The van der Waals surface area contributed by atoms with E-state index in [1.165, 1.54) is 11.1 Å². The minimum atomic E-state index is 0.109. The Morgan fingerprint density at radius 1 is 1.17 bits per heavy atom. The van der Waals surface area contributed by atoms with E-state index in [1.807, 2.05) is 24.3 Å². The van der Waals surface area contributed by atoms with Crippen LogP contribution >= 0.6 is 15.9 Å². The predicted molar refractivity (Wildman–Crippen MR) is 102 cm³/mol. The highest BCUT2D eigenvalue weighted by atomic mass is 79.9. The van der Waals surface area contributed by atoms with Crippen molar-refractivity contribution in [1.29, 1.82) is 0 Å². The highest BCUT2D eigenvalue weighted by Gasteiger charge is 2.25. The summed E-state index contributed by atoms with van der Waals surface area (Å²) in [6.07, 6.45) is 1.84. The van der Waals surface area contributed by atoms with Crippen LogP contribution in [-0.2, 0) is 11.3 Å². The molecule has 1 heterocycles. The fourth-order valence-corrected chi connectivity index (χ4v) is 3.63. The monoisotopic (exact) mass is 386 g/mol. The van der Waals surface area contributed by atoms with Crippen LogP contribution in [0.15, 0.2) is 53.0 Å². The molecule has 3 rings (SSSR count).